The zero-order valence-corrected chi connectivity index (χ0v) is 21.4. The molecule has 1 saturated carbocycles. The minimum atomic E-state index is -0.365. The first kappa shape index (κ1) is 26.3. The van der Waals surface area contributed by atoms with Crippen molar-refractivity contribution in [3.8, 4) is 17.0 Å². The number of esters is 1. The van der Waals surface area contributed by atoms with Crippen LogP contribution in [0, 0.1) is 18.7 Å². The Morgan fingerprint density at radius 2 is 1.92 bits per heavy atom. The smallest absolute Gasteiger partial charge is 0.320 e. The van der Waals surface area contributed by atoms with E-state index >= 15 is 0 Å². The number of rotatable bonds is 11. The van der Waals surface area contributed by atoms with Gasteiger partial charge in [-0.1, -0.05) is 36.4 Å². The Hall–Kier alpha value is -3.78. The predicted octanol–water partition coefficient (Wildman–Crippen LogP) is 4.52. The average Bonchev–Trinajstić information content (AvgIpc) is 3.71. The molecule has 0 aliphatic heterocycles. The number of amides is 1. The molecule has 1 fully saturated rings. The van der Waals surface area contributed by atoms with E-state index in [2.05, 4.69) is 10.3 Å². The van der Waals surface area contributed by atoms with Crippen molar-refractivity contribution in [2.24, 2.45) is 5.92 Å². The van der Waals surface area contributed by atoms with Crippen molar-refractivity contribution in [1.29, 1.82) is 0 Å². The van der Waals surface area contributed by atoms with Crippen LogP contribution in [0.3, 0.4) is 0 Å². The third kappa shape index (κ3) is 7.36. The number of aromatic nitrogens is 1. The van der Waals surface area contributed by atoms with Crippen LogP contribution in [-0.4, -0.2) is 49.0 Å². The minimum Gasteiger partial charge on any atom is -0.477 e. The highest BCUT2D eigenvalue weighted by Gasteiger charge is 2.24. The van der Waals surface area contributed by atoms with Gasteiger partial charge in [-0.25, -0.2) is 9.37 Å². The van der Waals surface area contributed by atoms with Crippen LogP contribution in [0.25, 0.3) is 11.1 Å². The molecule has 7 nitrogen and oxygen atoms in total. The fraction of sp³-hybridized carbons (Fsp3) is 0.345. The number of nitrogens with zero attached hydrogens (tertiary/aromatic N) is 2. The summed E-state index contributed by atoms with van der Waals surface area (Å²) in [7, 11) is 3.60. The van der Waals surface area contributed by atoms with Crippen LogP contribution in [0.4, 0.5) is 4.39 Å². The first-order valence-corrected chi connectivity index (χ1v) is 12.3. The van der Waals surface area contributed by atoms with Crippen molar-refractivity contribution in [2.75, 3.05) is 27.2 Å². The third-order valence-electron chi connectivity index (χ3n) is 6.10. The summed E-state index contributed by atoms with van der Waals surface area (Å²) < 4.78 is 25.3. The second kappa shape index (κ2) is 12.0. The van der Waals surface area contributed by atoms with Gasteiger partial charge in [-0.15, -0.1) is 0 Å². The minimum absolute atomic E-state index is 0.100. The molecule has 1 heterocycles. The van der Waals surface area contributed by atoms with Gasteiger partial charge in [0, 0.05) is 18.3 Å². The van der Waals surface area contributed by atoms with Crippen LogP contribution in [-0.2, 0) is 22.7 Å². The Morgan fingerprint density at radius 3 is 2.65 bits per heavy atom. The zero-order valence-electron chi connectivity index (χ0n) is 21.4. The molecule has 8 heteroatoms. The van der Waals surface area contributed by atoms with Crippen molar-refractivity contribution in [1.82, 2.24) is 15.2 Å². The number of hydrogen-bond acceptors (Lipinski definition) is 6. The number of aryl methyl sites for hydroxylation is 1. The monoisotopic (exact) mass is 505 g/mol. The maximum absolute atomic E-state index is 13.9. The summed E-state index contributed by atoms with van der Waals surface area (Å²) >= 11 is 0. The van der Waals surface area contributed by atoms with Gasteiger partial charge in [0.2, 0.25) is 5.88 Å². The van der Waals surface area contributed by atoms with Gasteiger partial charge >= 0.3 is 5.97 Å². The predicted molar refractivity (Wildman–Crippen MR) is 139 cm³/mol. The van der Waals surface area contributed by atoms with Gasteiger partial charge in [0.1, 0.15) is 18.0 Å². The first-order chi connectivity index (χ1) is 17.8. The lowest BCUT2D eigenvalue weighted by molar-refractivity contribution is -0.145. The van der Waals surface area contributed by atoms with E-state index in [0.29, 0.717) is 34.8 Å². The second-order valence-corrected chi connectivity index (χ2v) is 9.65. The van der Waals surface area contributed by atoms with Gasteiger partial charge in [-0.05, 0) is 74.2 Å². The second-order valence-electron chi connectivity index (χ2n) is 9.65. The normalized spacial score (nSPS) is 12.9. The lowest BCUT2D eigenvalue weighted by Gasteiger charge is -2.15. The Kier molecular flexibility index (Phi) is 8.50. The number of halogens is 1. The molecule has 1 aromatic heterocycles. The molecule has 1 amide bonds. The van der Waals surface area contributed by atoms with E-state index in [-0.39, 0.29) is 43.3 Å². The highest BCUT2D eigenvalue weighted by atomic mass is 19.1. The van der Waals surface area contributed by atoms with Crippen LogP contribution in [0.5, 0.6) is 5.88 Å². The molecular weight excluding hydrogens is 473 g/mol. The van der Waals surface area contributed by atoms with Crippen LogP contribution in [0.15, 0.2) is 54.7 Å². The van der Waals surface area contributed by atoms with E-state index in [1.54, 1.807) is 50.3 Å². The fourth-order valence-electron chi connectivity index (χ4n) is 3.77. The van der Waals surface area contributed by atoms with Crippen LogP contribution in [0.2, 0.25) is 0 Å². The van der Waals surface area contributed by atoms with E-state index in [1.165, 1.54) is 6.07 Å². The van der Waals surface area contributed by atoms with Crippen molar-refractivity contribution >= 4 is 11.9 Å². The van der Waals surface area contributed by atoms with E-state index in [0.717, 1.165) is 24.0 Å². The molecule has 37 heavy (non-hydrogen) atoms. The molecule has 0 atom stereocenters. The van der Waals surface area contributed by atoms with E-state index in [9.17, 15) is 14.0 Å². The average molecular weight is 506 g/mol. The molecule has 2 aromatic carbocycles. The van der Waals surface area contributed by atoms with Gasteiger partial charge in [0.15, 0.2) is 0 Å². The van der Waals surface area contributed by atoms with Crippen molar-refractivity contribution in [3.63, 3.8) is 0 Å². The van der Waals surface area contributed by atoms with Crippen molar-refractivity contribution in [2.45, 2.75) is 32.9 Å². The number of benzene rings is 2. The molecule has 0 radical (unpaired) electrons. The first-order valence-electron chi connectivity index (χ1n) is 12.3. The summed E-state index contributed by atoms with van der Waals surface area (Å²) in [5.41, 5.74) is 3.80. The molecule has 4 rings (SSSR count). The Labute approximate surface area is 216 Å². The summed E-state index contributed by atoms with van der Waals surface area (Å²) in [5, 5.41) is 2.86. The molecule has 1 N–H and O–H groups in total. The standard InChI is InChI=1S/C29H32FN3O4/c1-19-8-9-21(12-26(19)30)14-31-28(35)25-13-23(15-32-29(25)37-17-20-10-11-20)24-7-5-4-6-22(24)18-36-27(34)16-33(2)3/h4-9,12-13,15,20H,10-11,14,16-18H2,1-3H3,(H,31,35). The molecular formula is C29H32FN3O4. The van der Waals surface area contributed by atoms with Crippen LogP contribution < -0.4 is 10.1 Å². The lowest BCUT2D eigenvalue weighted by Crippen LogP contribution is -2.24. The topological polar surface area (TPSA) is 80.8 Å². The van der Waals surface area contributed by atoms with Crippen LogP contribution >= 0.6 is 0 Å². The SMILES string of the molecule is Cc1ccc(CNC(=O)c2cc(-c3ccccc3COC(=O)CN(C)C)cnc2OCC2CC2)cc1F. The van der Waals surface area contributed by atoms with Crippen molar-refractivity contribution < 1.29 is 23.5 Å². The summed E-state index contributed by atoms with van der Waals surface area (Å²) in [5.74, 6) is -0.249. The highest BCUT2D eigenvalue weighted by Crippen LogP contribution is 2.32. The Morgan fingerprint density at radius 1 is 1.14 bits per heavy atom. The maximum atomic E-state index is 13.9. The molecule has 0 spiro atoms. The van der Waals surface area contributed by atoms with Gasteiger partial charge < -0.3 is 14.8 Å². The van der Waals surface area contributed by atoms with Gasteiger partial charge in [-0.2, -0.15) is 0 Å². The van der Waals surface area contributed by atoms with E-state index in [4.69, 9.17) is 9.47 Å². The third-order valence-corrected chi connectivity index (χ3v) is 6.10. The van der Waals surface area contributed by atoms with E-state index < -0.39 is 0 Å². The summed E-state index contributed by atoms with van der Waals surface area (Å²) in [6.45, 7) is 2.66. The molecule has 3 aromatic rings. The number of ether oxygens (including phenoxy) is 2. The highest BCUT2D eigenvalue weighted by molar-refractivity contribution is 5.97. The van der Waals surface area contributed by atoms with Crippen LogP contribution in [0.1, 0.15) is 39.9 Å². The number of nitrogens with one attached hydrogen (secondary N) is 1. The summed E-state index contributed by atoms with van der Waals surface area (Å²) in [6, 6.07) is 14.1. The summed E-state index contributed by atoms with van der Waals surface area (Å²) in [6.07, 6.45) is 3.88. The zero-order chi connectivity index (χ0) is 26.4. The van der Waals surface area contributed by atoms with Crippen molar-refractivity contribution in [3.05, 3.63) is 82.8 Å². The van der Waals surface area contributed by atoms with E-state index in [1.807, 2.05) is 24.3 Å². The number of likely N-dealkylation sites (N-methyl/N-ethyl adjacent to an activating group) is 1. The summed E-state index contributed by atoms with van der Waals surface area (Å²) in [4.78, 5) is 31.5. The molecule has 0 saturated heterocycles. The molecule has 0 bridgehead atoms. The number of carbonyl (C=O) groups excluding carboxylic acids is 2. The molecule has 1 aliphatic rings. The quantitative estimate of drug-likeness (QED) is 0.386. The Balaban J connectivity index is 1.56. The lowest BCUT2D eigenvalue weighted by atomic mass is 10.00. The maximum Gasteiger partial charge on any atom is 0.320 e. The number of pyridine rings is 1. The molecule has 0 unspecified atom stereocenters. The number of hydrogen-bond donors (Lipinski definition) is 1. The number of carbonyl (C=O) groups is 2. The van der Waals surface area contributed by atoms with Gasteiger partial charge in [-0.3, -0.25) is 14.5 Å². The van der Waals surface area contributed by atoms with Gasteiger partial charge in [0.05, 0.1) is 13.2 Å². The van der Waals surface area contributed by atoms with Gasteiger partial charge in [0.25, 0.3) is 5.91 Å². The molecule has 194 valence electrons. The molecule has 1 aliphatic carbocycles. The largest absolute Gasteiger partial charge is 0.477 e. The Bertz CT molecular complexity index is 1270. The fourth-order valence-corrected chi connectivity index (χ4v) is 3.77.